The number of hydrogen-bond donors (Lipinski definition) is 1. The number of nitrogens with zero attached hydrogens (tertiary/aromatic N) is 3. The van der Waals surface area contributed by atoms with Gasteiger partial charge in [0.2, 0.25) is 0 Å². The third kappa shape index (κ3) is 3.00. The number of aromatic nitrogens is 2. The first-order valence-electron chi connectivity index (χ1n) is 6.71. The smallest absolute Gasteiger partial charge is 0.150 e. The van der Waals surface area contributed by atoms with Crippen LogP contribution in [0, 0.1) is 6.92 Å². The van der Waals surface area contributed by atoms with Crippen LogP contribution in [-0.2, 0) is 0 Å². The van der Waals surface area contributed by atoms with E-state index in [9.17, 15) is 0 Å². The number of hydrogen-bond acceptors (Lipinski definition) is 3. The second kappa shape index (κ2) is 5.54. The van der Waals surface area contributed by atoms with Crippen LogP contribution in [0.15, 0.2) is 6.07 Å². The van der Waals surface area contributed by atoms with Crippen LogP contribution in [0.3, 0.4) is 0 Å². The van der Waals surface area contributed by atoms with E-state index in [1.54, 1.807) is 0 Å². The highest BCUT2D eigenvalue weighted by Gasteiger charge is 2.21. The number of rotatable bonds is 4. The van der Waals surface area contributed by atoms with E-state index in [0.717, 1.165) is 43.7 Å². The van der Waals surface area contributed by atoms with Crippen LogP contribution < -0.4 is 4.90 Å². The summed E-state index contributed by atoms with van der Waals surface area (Å²) in [5, 5.41) is 7.34. The molecule has 96 valence electrons. The number of nitrogens with one attached hydrogen (secondary N) is 1. The van der Waals surface area contributed by atoms with E-state index < -0.39 is 0 Å². The Morgan fingerprint density at radius 1 is 1.35 bits per heavy atom. The molecule has 0 radical (unpaired) electrons. The molecule has 0 aromatic carbocycles. The van der Waals surface area contributed by atoms with Crippen molar-refractivity contribution in [2.75, 3.05) is 31.1 Å². The molecule has 1 N–H and O–H groups in total. The molecule has 0 amide bonds. The zero-order chi connectivity index (χ0) is 12.3. The average Bonchev–Trinajstić information content (AvgIpc) is 2.76. The standard InChI is InChI=1S/C13H24N4/c1-4-5-12(3)16-6-8-17(9-7-16)13-10-11(2)14-15-13/h10,12H,4-9H2,1-3H3,(H,14,15)/t12-/m1/s1. The minimum atomic E-state index is 0.725. The lowest BCUT2D eigenvalue weighted by Crippen LogP contribution is -2.49. The summed E-state index contributed by atoms with van der Waals surface area (Å²) in [6, 6.07) is 2.86. The zero-order valence-electron chi connectivity index (χ0n) is 11.2. The fourth-order valence-corrected chi connectivity index (χ4v) is 2.56. The van der Waals surface area contributed by atoms with Gasteiger partial charge in [-0.3, -0.25) is 10.00 Å². The fraction of sp³-hybridized carbons (Fsp3) is 0.769. The monoisotopic (exact) mass is 236 g/mol. The van der Waals surface area contributed by atoms with Gasteiger partial charge in [0, 0.05) is 44.0 Å². The summed E-state index contributed by atoms with van der Waals surface area (Å²) in [6.45, 7) is 11.2. The summed E-state index contributed by atoms with van der Waals surface area (Å²) in [7, 11) is 0. The number of anilines is 1. The highest BCUT2D eigenvalue weighted by Crippen LogP contribution is 2.16. The average molecular weight is 236 g/mol. The molecule has 4 nitrogen and oxygen atoms in total. The van der Waals surface area contributed by atoms with Gasteiger partial charge in [-0.05, 0) is 20.3 Å². The van der Waals surface area contributed by atoms with E-state index in [4.69, 9.17) is 0 Å². The number of piperazine rings is 1. The first-order valence-corrected chi connectivity index (χ1v) is 6.71. The summed E-state index contributed by atoms with van der Waals surface area (Å²) in [6.07, 6.45) is 2.58. The molecular formula is C13H24N4. The Kier molecular flexibility index (Phi) is 4.05. The van der Waals surface area contributed by atoms with Crippen molar-refractivity contribution in [3.63, 3.8) is 0 Å². The molecule has 1 aliphatic rings. The van der Waals surface area contributed by atoms with Crippen LogP contribution in [0.1, 0.15) is 32.4 Å². The van der Waals surface area contributed by atoms with E-state index in [0.29, 0.717) is 0 Å². The Balaban J connectivity index is 1.85. The van der Waals surface area contributed by atoms with E-state index in [-0.39, 0.29) is 0 Å². The third-order valence-corrected chi connectivity index (χ3v) is 3.66. The summed E-state index contributed by atoms with van der Waals surface area (Å²) < 4.78 is 0. The largest absolute Gasteiger partial charge is 0.353 e. The van der Waals surface area contributed by atoms with E-state index in [2.05, 4.69) is 46.8 Å². The first kappa shape index (κ1) is 12.4. The number of aryl methyl sites for hydroxylation is 1. The molecule has 0 saturated carbocycles. The lowest BCUT2D eigenvalue weighted by Gasteiger charge is -2.38. The van der Waals surface area contributed by atoms with Crippen molar-refractivity contribution in [3.05, 3.63) is 11.8 Å². The van der Waals surface area contributed by atoms with Gasteiger partial charge >= 0.3 is 0 Å². The van der Waals surface area contributed by atoms with Gasteiger partial charge in [-0.1, -0.05) is 13.3 Å². The van der Waals surface area contributed by atoms with Crippen molar-refractivity contribution in [2.45, 2.75) is 39.7 Å². The fourth-order valence-electron chi connectivity index (χ4n) is 2.56. The van der Waals surface area contributed by atoms with Crippen LogP contribution in [-0.4, -0.2) is 47.3 Å². The summed E-state index contributed by atoms with van der Waals surface area (Å²) in [5.74, 6) is 1.10. The molecule has 0 bridgehead atoms. The Labute approximate surface area is 104 Å². The molecule has 1 aromatic rings. The summed E-state index contributed by atoms with van der Waals surface area (Å²) in [5.41, 5.74) is 1.14. The summed E-state index contributed by atoms with van der Waals surface area (Å²) >= 11 is 0. The van der Waals surface area contributed by atoms with Crippen LogP contribution in [0.25, 0.3) is 0 Å². The van der Waals surface area contributed by atoms with Gasteiger partial charge in [0.25, 0.3) is 0 Å². The van der Waals surface area contributed by atoms with Gasteiger partial charge in [-0.2, -0.15) is 5.10 Å². The predicted octanol–water partition coefficient (Wildman–Crippen LogP) is 2.03. The summed E-state index contributed by atoms with van der Waals surface area (Å²) in [4.78, 5) is 4.97. The number of aromatic amines is 1. The lowest BCUT2D eigenvalue weighted by atomic mass is 10.1. The Hall–Kier alpha value is -1.03. The van der Waals surface area contributed by atoms with Crippen LogP contribution in [0.2, 0.25) is 0 Å². The molecule has 0 spiro atoms. The van der Waals surface area contributed by atoms with Crippen molar-refractivity contribution in [1.82, 2.24) is 15.1 Å². The molecule has 1 atom stereocenters. The molecule has 0 unspecified atom stereocenters. The molecule has 1 fully saturated rings. The molecule has 2 heterocycles. The Morgan fingerprint density at radius 3 is 2.59 bits per heavy atom. The van der Waals surface area contributed by atoms with E-state index in [1.807, 2.05) is 0 Å². The minimum absolute atomic E-state index is 0.725. The molecule has 2 rings (SSSR count). The Morgan fingerprint density at radius 2 is 2.06 bits per heavy atom. The first-order chi connectivity index (χ1) is 8.20. The van der Waals surface area contributed by atoms with Gasteiger partial charge in [0.1, 0.15) is 0 Å². The van der Waals surface area contributed by atoms with Crippen LogP contribution in [0.4, 0.5) is 5.82 Å². The van der Waals surface area contributed by atoms with Gasteiger partial charge in [0.05, 0.1) is 0 Å². The zero-order valence-corrected chi connectivity index (χ0v) is 11.2. The van der Waals surface area contributed by atoms with Crippen molar-refractivity contribution < 1.29 is 0 Å². The van der Waals surface area contributed by atoms with Crippen molar-refractivity contribution in [3.8, 4) is 0 Å². The molecule has 1 saturated heterocycles. The molecule has 1 aliphatic heterocycles. The minimum Gasteiger partial charge on any atom is -0.353 e. The molecule has 1 aromatic heterocycles. The molecule has 0 aliphatic carbocycles. The van der Waals surface area contributed by atoms with E-state index >= 15 is 0 Å². The topological polar surface area (TPSA) is 35.2 Å². The number of H-pyrrole nitrogens is 1. The quantitative estimate of drug-likeness (QED) is 0.869. The van der Waals surface area contributed by atoms with Gasteiger partial charge in [0.15, 0.2) is 5.82 Å². The maximum atomic E-state index is 4.33. The maximum Gasteiger partial charge on any atom is 0.150 e. The molecular weight excluding hydrogens is 212 g/mol. The van der Waals surface area contributed by atoms with Crippen LogP contribution >= 0.6 is 0 Å². The molecule has 17 heavy (non-hydrogen) atoms. The maximum absolute atomic E-state index is 4.33. The molecule has 4 heteroatoms. The van der Waals surface area contributed by atoms with E-state index in [1.165, 1.54) is 12.8 Å². The third-order valence-electron chi connectivity index (χ3n) is 3.66. The highest BCUT2D eigenvalue weighted by atomic mass is 15.3. The Bertz CT molecular complexity index is 339. The lowest BCUT2D eigenvalue weighted by molar-refractivity contribution is 0.187. The van der Waals surface area contributed by atoms with Gasteiger partial charge in [-0.25, -0.2) is 0 Å². The predicted molar refractivity (Wildman–Crippen MR) is 71.5 cm³/mol. The second-order valence-corrected chi connectivity index (χ2v) is 5.07. The highest BCUT2D eigenvalue weighted by molar-refractivity contribution is 5.39. The van der Waals surface area contributed by atoms with Crippen LogP contribution in [0.5, 0.6) is 0 Å². The normalized spacial score (nSPS) is 19.6. The van der Waals surface area contributed by atoms with Crippen molar-refractivity contribution in [2.24, 2.45) is 0 Å². The SMILES string of the molecule is CCC[C@@H](C)N1CCN(c2cc(C)[nH]n2)CC1. The van der Waals surface area contributed by atoms with Crippen molar-refractivity contribution >= 4 is 5.82 Å². The van der Waals surface area contributed by atoms with Crippen molar-refractivity contribution in [1.29, 1.82) is 0 Å². The second-order valence-electron chi connectivity index (χ2n) is 5.07. The van der Waals surface area contributed by atoms with Gasteiger partial charge in [-0.15, -0.1) is 0 Å². The van der Waals surface area contributed by atoms with Gasteiger partial charge < -0.3 is 4.90 Å².